The third kappa shape index (κ3) is 5.84. The first-order valence-corrected chi connectivity index (χ1v) is 11.0. The minimum Gasteiger partial charge on any atom is -0.457 e. The Labute approximate surface area is 185 Å². The Morgan fingerprint density at radius 3 is 2.68 bits per heavy atom. The number of nitrogens with zero attached hydrogens (tertiary/aromatic N) is 2. The van der Waals surface area contributed by atoms with E-state index in [9.17, 15) is 4.79 Å². The molecule has 0 bridgehead atoms. The zero-order valence-corrected chi connectivity index (χ0v) is 18.4. The van der Waals surface area contributed by atoms with E-state index < -0.39 is 0 Å². The summed E-state index contributed by atoms with van der Waals surface area (Å²) < 4.78 is 6.04. The third-order valence-electron chi connectivity index (χ3n) is 5.83. The molecule has 31 heavy (non-hydrogen) atoms. The molecule has 5 heteroatoms. The Balaban J connectivity index is 1.41. The van der Waals surface area contributed by atoms with Crippen LogP contribution in [0.25, 0.3) is 0 Å². The maximum atomic E-state index is 12.9. The predicted molar refractivity (Wildman–Crippen MR) is 125 cm³/mol. The minimum atomic E-state index is -0.105. The summed E-state index contributed by atoms with van der Waals surface area (Å²) >= 11 is 0. The van der Waals surface area contributed by atoms with E-state index in [0.29, 0.717) is 5.56 Å². The molecule has 4 rings (SSSR count). The van der Waals surface area contributed by atoms with Gasteiger partial charge in [0.2, 0.25) is 0 Å². The summed E-state index contributed by atoms with van der Waals surface area (Å²) in [6.07, 6.45) is 8.25. The Morgan fingerprint density at radius 1 is 1.06 bits per heavy atom. The molecule has 1 aliphatic carbocycles. The average molecular weight is 418 g/mol. The van der Waals surface area contributed by atoms with Crippen LogP contribution in [0.15, 0.2) is 66.5 Å². The summed E-state index contributed by atoms with van der Waals surface area (Å²) in [5, 5.41) is 3.02. The SMILES string of the molecule is Cc1ccc(NC(=O)c2cccc(CN3CCN(C)CC3)c2)cc1OC1=CCCC=C1. The van der Waals surface area contributed by atoms with Crippen molar-refractivity contribution in [1.82, 2.24) is 9.80 Å². The number of anilines is 1. The smallest absolute Gasteiger partial charge is 0.255 e. The molecular weight excluding hydrogens is 386 g/mol. The number of piperazine rings is 1. The van der Waals surface area contributed by atoms with Crippen LogP contribution in [0.1, 0.15) is 34.3 Å². The molecular formula is C26H31N3O2. The fraction of sp³-hybridized carbons (Fsp3) is 0.346. The molecule has 1 heterocycles. The van der Waals surface area contributed by atoms with Gasteiger partial charge in [-0.2, -0.15) is 0 Å². The van der Waals surface area contributed by atoms with Gasteiger partial charge in [0.05, 0.1) is 0 Å². The first-order valence-electron chi connectivity index (χ1n) is 11.0. The van der Waals surface area contributed by atoms with Crippen LogP contribution in [0.3, 0.4) is 0 Å². The molecule has 0 spiro atoms. The summed E-state index contributed by atoms with van der Waals surface area (Å²) in [5.41, 5.74) is 3.61. The van der Waals surface area contributed by atoms with Crippen LogP contribution in [0.2, 0.25) is 0 Å². The molecule has 2 aromatic carbocycles. The Morgan fingerprint density at radius 2 is 1.90 bits per heavy atom. The lowest BCUT2D eigenvalue weighted by atomic mass is 10.1. The fourth-order valence-corrected chi connectivity index (χ4v) is 3.86. The van der Waals surface area contributed by atoms with Crippen molar-refractivity contribution in [2.45, 2.75) is 26.3 Å². The third-order valence-corrected chi connectivity index (χ3v) is 5.83. The number of benzene rings is 2. The van der Waals surface area contributed by atoms with Crippen molar-refractivity contribution in [1.29, 1.82) is 0 Å². The zero-order valence-electron chi connectivity index (χ0n) is 18.4. The molecule has 0 aromatic heterocycles. The second-order valence-corrected chi connectivity index (χ2v) is 8.40. The van der Waals surface area contributed by atoms with Crippen molar-refractivity contribution < 1.29 is 9.53 Å². The van der Waals surface area contributed by atoms with Gasteiger partial charge in [-0.3, -0.25) is 9.69 Å². The van der Waals surface area contributed by atoms with E-state index in [2.05, 4.69) is 40.4 Å². The van der Waals surface area contributed by atoms with Crippen LogP contribution >= 0.6 is 0 Å². The number of rotatable bonds is 6. The van der Waals surface area contributed by atoms with Crippen molar-refractivity contribution in [3.05, 3.63) is 83.1 Å². The van der Waals surface area contributed by atoms with E-state index >= 15 is 0 Å². The van der Waals surface area contributed by atoms with Crippen LogP contribution in [-0.4, -0.2) is 48.9 Å². The highest BCUT2D eigenvalue weighted by Crippen LogP contribution is 2.26. The lowest BCUT2D eigenvalue weighted by molar-refractivity contribution is 0.102. The molecule has 162 valence electrons. The zero-order chi connectivity index (χ0) is 21.6. The van der Waals surface area contributed by atoms with Gasteiger partial charge in [0.25, 0.3) is 5.91 Å². The average Bonchev–Trinajstić information content (AvgIpc) is 2.78. The van der Waals surface area contributed by atoms with E-state index in [1.54, 1.807) is 0 Å². The molecule has 1 aliphatic heterocycles. The molecule has 1 fully saturated rings. The van der Waals surface area contributed by atoms with Gasteiger partial charge < -0.3 is 15.0 Å². The largest absolute Gasteiger partial charge is 0.457 e. The number of hydrogen-bond donors (Lipinski definition) is 1. The van der Waals surface area contributed by atoms with Crippen molar-refractivity contribution in [3.63, 3.8) is 0 Å². The number of nitrogens with one attached hydrogen (secondary N) is 1. The van der Waals surface area contributed by atoms with E-state index in [-0.39, 0.29) is 5.91 Å². The fourth-order valence-electron chi connectivity index (χ4n) is 3.86. The normalized spacial score (nSPS) is 17.3. The highest BCUT2D eigenvalue weighted by molar-refractivity contribution is 6.04. The van der Waals surface area contributed by atoms with Crippen LogP contribution in [0, 0.1) is 6.92 Å². The maximum Gasteiger partial charge on any atom is 0.255 e. The summed E-state index contributed by atoms with van der Waals surface area (Å²) in [6, 6.07) is 13.7. The molecule has 5 nitrogen and oxygen atoms in total. The molecule has 2 aliphatic rings. The number of carbonyl (C=O) groups is 1. The predicted octanol–water partition coefficient (Wildman–Crippen LogP) is 4.61. The van der Waals surface area contributed by atoms with Gasteiger partial charge in [-0.1, -0.05) is 24.3 Å². The van der Waals surface area contributed by atoms with Crippen molar-refractivity contribution in [2.75, 3.05) is 38.5 Å². The molecule has 0 radical (unpaired) electrons. The highest BCUT2D eigenvalue weighted by atomic mass is 16.5. The topological polar surface area (TPSA) is 44.8 Å². The van der Waals surface area contributed by atoms with E-state index in [0.717, 1.165) is 68.3 Å². The summed E-state index contributed by atoms with van der Waals surface area (Å²) in [6.45, 7) is 7.18. The van der Waals surface area contributed by atoms with E-state index in [1.807, 2.05) is 49.4 Å². The second-order valence-electron chi connectivity index (χ2n) is 8.40. The number of amides is 1. The van der Waals surface area contributed by atoms with Crippen molar-refractivity contribution in [2.24, 2.45) is 0 Å². The molecule has 0 saturated carbocycles. The van der Waals surface area contributed by atoms with E-state index in [1.165, 1.54) is 5.56 Å². The molecule has 2 aromatic rings. The van der Waals surface area contributed by atoms with Crippen molar-refractivity contribution in [3.8, 4) is 5.75 Å². The van der Waals surface area contributed by atoms with Gasteiger partial charge in [-0.25, -0.2) is 0 Å². The van der Waals surface area contributed by atoms with Gasteiger partial charge in [-0.15, -0.1) is 0 Å². The van der Waals surface area contributed by atoms with Crippen LogP contribution in [0.5, 0.6) is 5.75 Å². The molecule has 1 saturated heterocycles. The molecule has 0 unspecified atom stereocenters. The van der Waals surface area contributed by atoms with Crippen LogP contribution < -0.4 is 10.1 Å². The number of carbonyl (C=O) groups excluding carboxylic acids is 1. The first kappa shape index (κ1) is 21.3. The minimum absolute atomic E-state index is 0.105. The summed E-state index contributed by atoms with van der Waals surface area (Å²) in [4.78, 5) is 17.7. The summed E-state index contributed by atoms with van der Waals surface area (Å²) in [5.74, 6) is 1.51. The molecule has 1 amide bonds. The Bertz CT molecular complexity index is 988. The van der Waals surface area contributed by atoms with Gasteiger partial charge in [0.1, 0.15) is 11.5 Å². The quantitative estimate of drug-likeness (QED) is 0.746. The Hall–Kier alpha value is -2.89. The van der Waals surface area contributed by atoms with Gasteiger partial charge in [0, 0.05) is 50.0 Å². The van der Waals surface area contributed by atoms with Crippen LogP contribution in [-0.2, 0) is 6.54 Å². The number of aryl methyl sites for hydroxylation is 1. The Kier molecular flexibility index (Phi) is 6.85. The van der Waals surface area contributed by atoms with Crippen molar-refractivity contribution >= 4 is 11.6 Å². The lowest BCUT2D eigenvalue weighted by Gasteiger charge is -2.32. The molecule has 0 atom stereocenters. The number of hydrogen-bond acceptors (Lipinski definition) is 4. The van der Waals surface area contributed by atoms with E-state index in [4.69, 9.17) is 4.74 Å². The van der Waals surface area contributed by atoms with Crippen LogP contribution in [0.4, 0.5) is 5.69 Å². The second kappa shape index (κ2) is 9.94. The van der Waals surface area contributed by atoms with Gasteiger partial charge in [-0.05, 0) is 68.3 Å². The maximum absolute atomic E-state index is 12.9. The number of ether oxygens (including phenoxy) is 1. The first-order chi connectivity index (χ1) is 15.1. The van der Waals surface area contributed by atoms with Gasteiger partial charge in [0.15, 0.2) is 0 Å². The number of allylic oxidation sites excluding steroid dienone is 3. The monoisotopic (exact) mass is 417 g/mol. The molecule has 1 N–H and O–H groups in total. The lowest BCUT2D eigenvalue weighted by Crippen LogP contribution is -2.43. The highest BCUT2D eigenvalue weighted by Gasteiger charge is 2.15. The van der Waals surface area contributed by atoms with Gasteiger partial charge >= 0.3 is 0 Å². The standard InChI is InChI=1S/C26H31N3O2/c1-20-11-12-23(18-25(20)31-24-9-4-3-5-10-24)27-26(30)22-8-6-7-21(17-22)19-29-15-13-28(2)14-16-29/h4,6-12,17-18H,3,5,13-16,19H2,1-2H3,(H,27,30). The summed E-state index contributed by atoms with van der Waals surface area (Å²) in [7, 11) is 2.16. The number of likely N-dealkylation sites (N-methyl/N-ethyl adjacent to an activating group) is 1.